The van der Waals surface area contributed by atoms with E-state index in [0.29, 0.717) is 24.7 Å². The lowest BCUT2D eigenvalue weighted by Gasteiger charge is -2.20. The van der Waals surface area contributed by atoms with Crippen LogP contribution in [0.15, 0.2) is 30.3 Å². The molecule has 2 aromatic carbocycles. The van der Waals surface area contributed by atoms with Crippen LogP contribution in [0.25, 0.3) is 0 Å². The van der Waals surface area contributed by atoms with Gasteiger partial charge in [0.2, 0.25) is 0 Å². The molecule has 0 saturated carbocycles. The van der Waals surface area contributed by atoms with Crippen molar-refractivity contribution in [2.45, 2.75) is 13.8 Å². The second-order valence-corrected chi connectivity index (χ2v) is 5.01. The van der Waals surface area contributed by atoms with Gasteiger partial charge in [0.15, 0.2) is 11.5 Å². The quantitative estimate of drug-likeness (QED) is 0.821. The van der Waals surface area contributed by atoms with Crippen molar-refractivity contribution >= 4 is 17.1 Å². The minimum atomic E-state index is 0.566. The lowest BCUT2D eigenvalue weighted by atomic mass is 10.1. The third kappa shape index (κ3) is 2.37. The van der Waals surface area contributed by atoms with Gasteiger partial charge in [-0.3, -0.25) is 0 Å². The van der Waals surface area contributed by atoms with E-state index in [2.05, 4.69) is 31.3 Å². The summed E-state index contributed by atoms with van der Waals surface area (Å²) in [5.74, 6) is 1.44. The fourth-order valence-electron chi connectivity index (χ4n) is 2.19. The zero-order valence-corrected chi connectivity index (χ0v) is 11.7. The highest BCUT2D eigenvalue weighted by molar-refractivity contribution is 5.77. The Morgan fingerprint density at radius 2 is 1.65 bits per heavy atom. The minimum absolute atomic E-state index is 0.566. The smallest absolute Gasteiger partial charge is 0.163 e. The predicted molar refractivity (Wildman–Crippen MR) is 81.0 cm³/mol. The first-order valence-electron chi connectivity index (χ1n) is 6.67. The zero-order chi connectivity index (χ0) is 14.1. The van der Waals surface area contributed by atoms with Gasteiger partial charge >= 0.3 is 0 Å². The lowest BCUT2D eigenvalue weighted by Crippen LogP contribution is -2.15. The zero-order valence-electron chi connectivity index (χ0n) is 11.7. The maximum Gasteiger partial charge on any atom is 0.163 e. The molecule has 0 atom stereocenters. The fraction of sp³-hybridized carbons (Fsp3) is 0.250. The molecule has 4 nitrogen and oxygen atoms in total. The number of aryl methyl sites for hydroxylation is 2. The molecule has 3 N–H and O–H groups in total. The number of hydrogen-bond donors (Lipinski definition) is 2. The van der Waals surface area contributed by atoms with E-state index in [1.807, 2.05) is 12.1 Å². The normalized spacial score (nSPS) is 13.1. The SMILES string of the molecule is Cc1ccc(Nc2cc3c(cc2N)OCCO3)cc1C. The summed E-state index contributed by atoms with van der Waals surface area (Å²) in [6.45, 7) is 5.32. The number of fused-ring (bicyclic) bond motifs is 1. The van der Waals surface area contributed by atoms with Gasteiger partial charge in [0, 0.05) is 17.8 Å². The summed E-state index contributed by atoms with van der Waals surface area (Å²) in [6, 6.07) is 9.92. The van der Waals surface area contributed by atoms with Crippen molar-refractivity contribution in [3.05, 3.63) is 41.5 Å². The lowest BCUT2D eigenvalue weighted by molar-refractivity contribution is 0.172. The van der Waals surface area contributed by atoms with Crippen LogP contribution in [0.5, 0.6) is 11.5 Å². The average molecular weight is 270 g/mol. The minimum Gasteiger partial charge on any atom is -0.486 e. The van der Waals surface area contributed by atoms with Crippen molar-refractivity contribution in [2.24, 2.45) is 0 Å². The molecule has 1 aliphatic heterocycles. The molecule has 0 bridgehead atoms. The van der Waals surface area contributed by atoms with Crippen molar-refractivity contribution in [2.75, 3.05) is 24.3 Å². The van der Waals surface area contributed by atoms with E-state index in [0.717, 1.165) is 17.1 Å². The number of benzene rings is 2. The molecular formula is C16H18N2O2. The molecule has 1 heterocycles. The van der Waals surface area contributed by atoms with Crippen LogP contribution in [0.1, 0.15) is 11.1 Å². The van der Waals surface area contributed by atoms with Crippen LogP contribution in [0.4, 0.5) is 17.1 Å². The summed E-state index contributed by atoms with van der Waals surface area (Å²) in [6.07, 6.45) is 0. The van der Waals surface area contributed by atoms with Crippen LogP contribution >= 0.6 is 0 Å². The summed E-state index contributed by atoms with van der Waals surface area (Å²) in [7, 11) is 0. The summed E-state index contributed by atoms with van der Waals surface area (Å²) in [4.78, 5) is 0. The van der Waals surface area contributed by atoms with Crippen LogP contribution in [0, 0.1) is 13.8 Å². The Morgan fingerprint density at radius 1 is 0.950 bits per heavy atom. The number of hydrogen-bond acceptors (Lipinski definition) is 4. The van der Waals surface area contributed by atoms with Gasteiger partial charge in [-0.2, -0.15) is 0 Å². The summed E-state index contributed by atoms with van der Waals surface area (Å²) in [5.41, 5.74) is 11.1. The van der Waals surface area contributed by atoms with Crippen molar-refractivity contribution in [3.63, 3.8) is 0 Å². The Kier molecular flexibility index (Phi) is 3.14. The van der Waals surface area contributed by atoms with Crippen LogP contribution in [-0.2, 0) is 0 Å². The van der Waals surface area contributed by atoms with Gasteiger partial charge in [-0.1, -0.05) is 6.07 Å². The van der Waals surface area contributed by atoms with Gasteiger partial charge in [-0.05, 0) is 37.1 Å². The molecule has 0 spiro atoms. The van der Waals surface area contributed by atoms with Gasteiger partial charge < -0.3 is 20.5 Å². The molecule has 0 unspecified atom stereocenters. The molecule has 0 aromatic heterocycles. The fourth-order valence-corrected chi connectivity index (χ4v) is 2.19. The van der Waals surface area contributed by atoms with Gasteiger partial charge in [0.05, 0.1) is 11.4 Å². The molecule has 1 aliphatic rings. The second kappa shape index (κ2) is 4.96. The first kappa shape index (κ1) is 12.7. The highest BCUT2D eigenvalue weighted by atomic mass is 16.6. The molecule has 0 aliphatic carbocycles. The van der Waals surface area contributed by atoms with E-state index in [1.165, 1.54) is 11.1 Å². The molecule has 20 heavy (non-hydrogen) atoms. The standard InChI is InChI=1S/C16H18N2O2/c1-10-3-4-12(7-11(10)2)18-14-9-16-15(8-13(14)17)19-5-6-20-16/h3-4,7-9,18H,5-6,17H2,1-2H3. The number of nitrogens with one attached hydrogen (secondary N) is 1. The van der Waals surface area contributed by atoms with E-state index in [-0.39, 0.29) is 0 Å². The molecule has 0 amide bonds. The Morgan fingerprint density at radius 3 is 2.35 bits per heavy atom. The first-order chi connectivity index (χ1) is 9.63. The third-order valence-electron chi connectivity index (χ3n) is 3.50. The van der Waals surface area contributed by atoms with Gasteiger partial charge in [0.1, 0.15) is 13.2 Å². The Bertz CT molecular complexity index is 653. The van der Waals surface area contributed by atoms with E-state index in [9.17, 15) is 0 Å². The van der Waals surface area contributed by atoms with E-state index < -0.39 is 0 Å². The van der Waals surface area contributed by atoms with E-state index in [1.54, 1.807) is 6.07 Å². The van der Waals surface area contributed by atoms with Crippen molar-refractivity contribution in [3.8, 4) is 11.5 Å². The highest BCUT2D eigenvalue weighted by Gasteiger charge is 2.14. The Labute approximate surface area is 118 Å². The third-order valence-corrected chi connectivity index (χ3v) is 3.50. The number of anilines is 3. The molecule has 0 radical (unpaired) electrons. The van der Waals surface area contributed by atoms with Crippen molar-refractivity contribution in [1.29, 1.82) is 0 Å². The first-order valence-corrected chi connectivity index (χ1v) is 6.67. The van der Waals surface area contributed by atoms with Crippen LogP contribution in [0.2, 0.25) is 0 Å². The number of nitrogens with two attached hydrogens (primary N) is 1. The number of ether oxygens (including phenoxy) is 2. The van der Waals surface area contributed by atoms with Gasteiger partial charge in [-0.15, -0.1) is 0 Å². The average Bonchev–Trinajstić information content (AvgIpc) is 2.44. The Balaban J connectivity index is 1.92. The number of rotatable bonds is 2. The van der Waals surface area contributed by atoms with Crippen LogP contribution < -0.4 is 20.5 Å². The monoisotopic (exact) mass is 270 g/mol. The maximum atomic E-state index is 6.06. The Hall–Kier alpha value is -2.36. The molecule has 3 rings (SSSR count). The van der Waals surface area contributed by atoms with Crippen LogP contribution in [-0.4, -0.2) is 13.2 Å². The number of nitrogen functional groups attached to an aromatic ring is 1. The van der Waals surface area contributed by atoms with Gasteiger partial charge in [-0.25, -0.2) is 0 Å². The molecule has 4 heteroatoms. The largest absolute Gasteiger partial charge is 0.486 e. The summed E-state index contributed by atoms with van der Waals surface area (Å²) < 4.78 is 11.1. The maximum absolute atomic E-state index is 6.06. The molecular weight excluding hydrogens is 252 g/mol. The molecule has 104 valence electrons. The summed E-state index contributed by atoms with van der Waals surface area (Å²) >= 11 is 0. The topological polar surface area (TPSA) is 56.5 Å². The predicted octanol–water partition coefficient (Wildman–Crippen LogP) is 3.40. The highest BCUT2D eigenvalue weighted by Crippen LogP contribution is 2.38. The van der Waals surface area contributed by atoms with Crippen molar-refractivity contribution < 1.29 is 9.47 Å². The summed E-state index contributed by atoms with van der Waals surface area (Å²) in [5, 5.41) is 3.33. The molecule has 0 fully saturated rings. The van der Waals surface area contributed by atoms with Crippen molar-refractivity contribution in [1.82, 2.24) is 0 Å². The molecule has 0 saturated heterocycles. The molecule has 2 aromatic rings. The van der Waals surface area contributed by atoms with E-state index in [4.69, 9.17) is 15.2 Å². The second-order valence-electron chi connectivity index (χ2n) is 5.01. The van der Waals surface area contributed by atoms with Gasteiger partial charge in [0.25, 0.3) is 0 Å². The van der Waals surface area contributed by atoms with Crippen LogP contribution in [0.3, 0.4) is 0 Å². The van der Waals surface area contributed by atoms with E-state index >= 15 is 0 Å².